The van der Waals surface area contributed by atoms with Crippen LogP contribution in [0.1, 0.15) is 35.3 Å². The van der Waals surface area contributed by atoms with Crippen LogP contribution >= 0.6 is 0 Å². The first-order chi connectivity index (χ1) is 16.6. The molecule has 2 aliphatic heterocycles. The van der Waals surface area contributed by atoms with Crippen LogP contribution in [0.5, 0.6) is 0 Å². The van der Waals surface area contributed by atoms with Gasteiger partial charge in [0.25, 0.3) is 5.91 Å². The Hall–Kier alpha value is -3.49. The summed E-state index contributed by atoms with van der Waals surface area (Å²) < 4.78 is 5.96. The van der Waals surface area contributed by atoms with Gasteiger partial charge < -0.3 is 25.4 Å². The SMILES string of the molecule is NCCCN1CCC2(CC1)CNC(=O)c1cc(-c3ccnc(-c4cc5ccccc5o4)n3)[nH]c12. The van der Waals surface area contributed by atoms with Crippen molar-refractivity contribution in [3.63, 3.8) is 0 Å². The molecular weight excluding hydrogens is 428 g/mol. The summed E-state index contributed by atoms with van der Waals surface area (Å²) in [6.45, 7) is 4.43. The van der Waals surface area contributed by atoms with Gasteiger partial charge in [0.2, 0.25) is 0 Å². The zero-order valence-corrected chi connectivity index (χ0v) is 19.0. The number of H-pyrrole nitrogens is 1. The number of furan rings is 1. The summed E-state index contributed by atoms with van der Waals surface area (Å²) in [5, 5.41) is 4.14. The van der Waals surface area contributed by atoms with Gasteiger partial charge in [-0.05, 0) is 69.7 Å². The molecule has 1 aromatic carbocycles. The highest BCUT2D eigenvalue weighted by Gasteiger charge is 2.43. The van der Waals surface area contributed by atoms with Crippen molar-refractivity contribution in [2.24, 2.45) is 5.73 Å². The molecule has 34 heavy (non-hydrogen) atoms. The summed E-state index contributed by atoms with van der Waals surface area (Å²) >= 11 is 0. The molecule has 1 spiro atoms. The molecule has 6 rings (SSSR count). The van der Waals surface area contributed by atoms with Crippen LogP contribution in [0.2, 0.25) is 0 Å². The zero-order valence-electron chi connectivity index (χ0n) is 19.0. The molecule has 0 saturated carbocycles. The molecule has 4 aromatic rings. The molecule has 5 heterocycles. The molecule has 0 unspecified atom stereocenters. The number of carbonyl (C=O) groups excluding carboxylic acids is 1. The molecule has 4 N–H and O–H groups in total. The second-order valence-electron chi connectivity index (χ2n) is 9.33. The Balaban J connectivity index is 1.32. The van der Waals surface area contributed by atoms with Gasteiger partial charge in [0.1, 0.15) is 5.58 Å². The molecule has 8 heteroatoms. The number of fused-ring (bicyclic) bond motifs is 3. The number of likely N-dealkylation sites (tertiary alicyclic amines) is 1. The lowest BCUT2D eigenvalue weighted by Gasteiger charge is -2.44. The van der Waals surface area contributed by atoms with Gasteiger partial charge in [0, 0.05) is 29.2 Å². The van der Waals surface area contributed by atoms with Crippen molar-refractivity contribution in [2.45, 2.75) is 24.7 Å². The Morgan fingerprint density at radius 2 is 2.00 bits per heavy atom. The molecule has 1 fully saturated rings. The molecule has 2 aliphatic rings. The average Bonchev–Trinajstić information content (AvgIpc) is 3.52. The number of rotatable bonds is 5. The number of aromatic nitrogens is 3. The minimum atomic E-state index is -0.0741. The maximum Gasteiger partial charge on any atom is 0.253 e. The maximum atomic E-state index is 12.7. The molecule has 1 amide bonds. The lowest BCUT2D eigenvalue weighted by atomic mass is 9.72. The van der Waals surface area contributed by atoms with E-state index in [1.807, 2.05) is 42.5 Å². The monoisotopic (exact) mass is 456 g/mol. The lowest BCUT2D eigenvalue weighted by Crippen LogP contribution is -2.52. The van der Waals surface area contributed by atoms with Crippen LogP contribution in [-0.4, -0.2) is 58.5 Å². The number of nitrogens with zero attached hydrogens (tertiary/aromatic N) is 3. The van der Waals surface area contributed by atoms with Crippen molar-refractivity contribution in [2.75, 3.05) is 32.7 Å². The van der Waals surface area contributed by atoms with E-state index in [1.54, 1.807) is 6.20 Å². The van der Waals surface area contributed by atoms with E-state index < -0.39 is 0 Å². The first kappa shape index (κ1) is 21.1. The van der Waals surface area contributed by atoms with Gasteiger partial charge in [0.05, 0.1) is 17.0 Å². The fourth-order valence-corrected chi connectivity index (χ4v) is 5.29. The number of amides is 1. The summed E-state index contributed by atoms with van der Waals surface area (Å²) in [4.78, 5) is 28.0. The second-order valence-corrected chi connectivity index (χ2v) is 9.33. The van der Waals surface area contributed by atoms with Crippen LogP contribution in [0.4, 0.5) is 0 Å². The van der Waals surface area contributed by atoms with Crippen LogP contribution < -0.4 is 11.1 Å². The van der Waals surface area contributed by atoms with Crippen LogP contribution in [-0.2, 0) is 5.41 Å². The summed E-state index contributed by atoms with van der Waals surface area (Å²) in [5.74, 6) is 1.12. The highest BCUT2D eigenvalue weighted by atomic mass is 16.3. The predicted octanol–water partition coefficient (Wildman–Crippen LogP) is 3.31. The van der Waals surface area contributed by atoms with Crippen molar-refractivity contribution in [1.29, 1.82) is 0 Å². The molecule has 174 valence electrons. The van der Waals surface area contributed by atoms with Crippen molar-refractivity contribution >= 4 is 16.9 Å². The third-order valence-corrected chi connectivity index (χ3v) is 7.25. The Labute approximate surface area is 197 Å². The number of piperidine rings is 1. The van der Waals surface area contributed by atoms with Gasteiger partial charge in [-0.25, -0.2) is 9.97 Å². The van der Waals surface area contributed by atoms with E-state index in [-0.39, 0.29) is 11.3 Å². The Morgan fingerprint density at radius 3 is 2.82 bits per heavy atom. The van der Waals surface area contributed by atoms with E-state index in [1.165, 1.54) is 0 Å². The van der Waals surface area contributed by atoms with E-state index >= 15 is 0 Å². The van der Waals surface area contributed by atoms with Gasteiger partial charge in [0.15, 0.2) is 11.6 Å². The summed E-state index contributed by atoms with van der Waals surface area (Å²) in [6.07, 6.45) is 4.75. The van der Waals surface area contributed by atoms with Crippen molar-refractivity contribution in [3.05, 3.63) is 59.9 Å². The van der Waals surface area contributed by atoms with Gasteiger partial charge in [-0.15, -0.1) is 0 Å². The largest absolute Gasteiger partial charge is 0.453 e. The number of nitrogens with one attached hydrogen (secondary N) is 2. The third-order valence-electron chi connectivity index (χ3n) is 7.25. The van der Waals surface area contributed by atoms with Gasteiger partial charge in [-0.3, -0.25) is 4.79 Å². The highest BCUT2D eigenvalue weighted by Crippen LogP contribution is 2.40. The molecule has 0 radical (unpaired) electrons. The average molecular weight is 457 g/mol. The Bertz CT molecular complexity index is 1320. The fraction of sp³-hybridized carbons (Fsp3) is 0.346. The van der Waals surface area contributed by atoms with Crippen molar-refractivity contribution < 1.29 is 9.21 Å². The van der Waals surface area contributed by atoms with Crippen molar-refractivity contribution in [3.8, 4) is 23.0 Å². The maximum absolute atomic E-state index is 12.7. The number of hydrogen-bond donors (Lipinski definition) is 3. The fourth-order valence-electron chi connectivity index (χ4n) is 5.29. The first-order valence-corrected chi connectivity index (χ1v) is 11.9. The first-order valence-electron chi connectivity index (χ1n) is 11.9. The number of aromatic amines is 1. The molecule has 0 bridgehead atoms. The quantitative estimate of drug-likeness (QED) is 0.425. The van der Waals surface area contributed by atoms with Gasteiger partial charge in [-0.1, -0.05) is 18.2 Å². The normalized spacial score (nSPS) is 17.7. The third kappa shape index (κ3) is 3.59. The topological polar surface area (TPSA) is 113 Å². The minimum Gasteiger partial charge on any atom is -0.453 e. The summed E-state index contributed by atoms with van der Waals surface area (Å²) in [5.41, 5.74) is 9.74. The van der Waals surface area contributed by atoms with Crippen LogP contribution in [0.25, 0.3) is 33.9 Å². The number of carbonyl (C=O) groups is 1. The molecule has 8 nitrogen and oxygen atoms in total. The van der Waals surface area contributed by atoms with Crippen LogP contribution in [0.15, 0.2) is 53.1 Å². The van der Waals surface area contributed by atoms with Crippen LogP contribution in [0.3, 0.4) is 0 Å². The van der Waals surface area contributed by atoms with Gasteiger partial charge in [-0.2, -0.15) is 0 Å². The lowest BCUT2D eigenvalue weighted by molar-refractivity contribution is 0.0882. The van der Waals surface area contributed by atoms with Gasteiger partial charge >= 0.3 is 0 Å². The standard InChI is InChI=1S/C26H28N6O2/c27-9-3-11-32-12-7-26(8-13-32)16-29-25(33)18-15-20(30-23(18)26)19-6-10-28-24(31-19)22-14-17-4-1-2-5-21(17)34-22/h1-2,4-6,10,14-15,30H,3,7-9,11-13,16,27H2,(H,29,33). The predicted molar refractivity (Wildman–Crippen MR) is 130 cm³/mol. The number of hydrogen-bond acceptors (Lipinski definition) is 6. The highest BCUT2D eigenvalue weighted by molar-refractivity contribution is 5.98. The van der Waals surface area contributed by atoms with E-state index in [9.17, 15) is 4.79 Å². The van der Waals surface area contributed by atoms with Crippen molar-refractivity contribution in [1.82, 2.24) is 25.2 Å². The number of benzene rings is 1. The Kier molecular flexibility index (Phi) is 5.19. The summed E-state index contributed by atoms with van der Waals surface area (Å²) in [6, 6.07) is 13.6. The van der Waals surface area contributed by atoms with E-state index in [4.69, 9.17) is 15.1 Å². The minimum absolute atomic E-state index is 0.0275. The number of nitrogens with two attached hydrogens (primary N) is 1. The molecular formula is C26H28N6O2. The summed E-state index contributed by atoms with van der Waals surface area (Å²) in [7, 11) is 0. The smallest absolute Gasteiger partial charge is 0.253 e. The molecule has 1 saturated heterocycles. The second kappa shape index (κ2) is 8.38. The van der Waals surface area contributed by atoms with E-state index in [2.05, 4.69) is 20.2 Å². The number of para-hydroxylation sites is 1. The molecule has 3 aromatic heterocycles. The molecule has 0 aliphatic carbocycles. The Morgan fingerprint density at radius 1 is 1.15 bits per heavy atom. The zero-order chi connectivity index (χ0) is 23.1. The molecule has 0 atom stereocenters. The van der Waals surface area contributed by atoms with Crippen LogP contribution in [0, 0.1) is 0 Å². The van der Waals surface area contributed by atoms with E-state index in [0.29, 0.717) is 18.1 Å². The van der Waals surface area contributed by atoms with E-state index in [0.717, 1.165) is 79.1 Å².